The molecule has 1 aromatic rings. The standard InChI is InChI=1S/C12H5F10NO2S/c13-9(14,11(17,18)19)7(24)23-5-3-1-2-4-6(5)26-8(25)10(15,16)12(20,21)22/h1-4H,(H,23,24). The zero-order chi connectivity index (χ0) is 20.6. The summed E-state index contributed by atoms with van der Waals surface area (Å²) in [5.41, 5.74) is -0.988. The number of amides is 1. The van der Waals surface area contributed by atoms with Gasteiger partial charge in [-0.2, -0.15) is 43.9 Å². The maximum atomic E-state index is 12.9. The lowest BCUT2D eigenvalue weighted by Gasteiger charge is -2.20. The van der Waals surface area contributed by atoms with E-state index < -0.39 is 57.6 Å². The Morgan fingerprint density at radius 1 is 0.769 bits per heavy atom. The van der Waals surface area contributed by atoms with Gasteiger partial charge in [0.1, 0.15) is 0 Å². The second-order valence-electron chi connectivity index (χ2n) is 4.48. The molecule has 146 valence electrons. The minimum Gasteiger partial charge on any atom is -0.319 e. The molecule has 0 saturated carbocycles. The maximum Gasteiger partial charge on any atom is 0.463 e. The number of rotatable bonds is 4. The Hall–Kier alpha value is -1.99. The molecule has 0 saturated heterocycles. The average molecular weight is 417 g/mol. The van der Waals surface area contributed by atoms with Crippen LogP contribution in [0.1, 0.15) is 0 Å². The fourth-order valence-corrected chi connectivity index (χ4v) is 2.09. The summed E-state index contributed by atoms with van der Waals surface area (Å²) in [6.45, 7) is 0. The number of carbonyl (C=O) groups excluding carboxylic acids is 2. The van der Waals surface area contributed by atoms with E-state index in [1.54, 1.807) is 0 Å². The highest BCUT2D eigenvalue weighted by Gasteiger charge is 2.64. The van der Waals surface area contributed by atoms with E-state index in [4.69, 9.17) is 0 Å². The monoisotopic (exact) mass is 417 g/mol. The molecule has 0 bridgehead atoms. The van der Waals surface area contributed by atoms with E-state index >= 15 is 0 Å². The van der Waals surface area contributed by atoms with Crippen LogP contribution in [-0.2, 0) is 9.59 Å². The number of halogens is 10. The van der Waals surface area contributed by atoms with Gasteiger partial charge in [-0.1, -0.05) is 12.1 Å². The van der Waals surface area contributed by atoms with E-state index in [-0.39, 0.29) is 0 Å². The molecule has 3 nitrogen and oxygen atoms in total. The van der Waals surface area contributed by atoms with Gasteiger partial charge in [0.2, 0.25) is 0 Å². The number of nitrogens with one attached hydrogen (secondary N) is 1. The van der Waals surface area contributed by atoms with Crippen molar-refractivity contribution in [3.8, 4) is 0 Å². The third-order valence-electron chi connectivity index (χ3n) is 2.59. The molecule has 26 heavy (non-hydrogen) atoms. The van der Waals surface area contributed by atoms with Crippen LogP contribution in [0, 0.1) is 0 Å². The third kappa shape index (κ3) is 4.40. The first-order valence-corrected chi connectivity index (χ1v) is 6.85. The van der Waals surface area contributed by atoms with Crippen LogP contribution >= 0.6 is 11.8 Å². The third-order valence-corrected chi connectivity index (χ3v) is 3.61. The molecule has 0 aliphatic rings. The summed E-state index contributed by atoms with van der Waals surface area (Å²) < 4.78 is 124. The molecule has 0 spiro atoms. The molecule has 14 heteroatoms. The Morgan fingerprint density at radius 3 is 1.69 bits per heavy atom. The van der Waals surface area contributed by atoms with Crippen LogP contribution in [0.2, 0.25) is 0 Å². The summed E-state index contributed by atoms with van der Waals surface area (Å²) in [6.07, 6.45) is -12.5. The number of benzene rings is 1. The fourth-order valence-electron chi connectivity index (χ4n) is 1.27. The molecule has 1 aromatic carbocycles. The van der Waals surface area contributed by atoms with Crippen molar-refractivity contribution < 1.29 is 53.5 Å². The lowest BCUT2D eigenvalue weighted by atomic mass is 10.2. The lowest BCUT2D eigenvalue weighted by Crippen LogP contribution is -2.47. The number of para-hydroxylation sites is 1. The molecule has 1 rings (SSSR count). The van der Waals surface area contributed by atoms with Gasteiger partial charge >= 0.3 is 30.1 Å². The predicted molar refractivity (Wildman–Crippen MR) is 67.9 cm³/mol. The topological polar surface area (TPSA) is 46.2 Å². The SMILES string of the molecule is O=C(Nc1ccccc1SC(=O)C(F)(F)C(F)(F)F)C(F)(F)C(F)(F)F. The molecule has 0 fully saturated rings. The summed E-state index contributed by atoms with van der Waals surface area (Å²) in [5, 5.41) is -1.72. The number of carbonyl (C=O) groups is 2. The average Bonchev–Trinajstić information content (AvgIpc) is 2.46. The first-order chi connectivity index (χ1) is 11.5. The zero-order valence-corrected chi connectivity index (χ0v) is 12.6. The van der Waals surface area contributed by atoms with E-state index in [1.165, 1.54) is 0 Å². The lowest BCUT2D eigenvalue weighted by molar-refractivity contribution is -0.267. The molecule has 0 aliphatic heterocycles. The predicted octanol–water partition coefficient (Wildman–Crippen LogP) is 4.64. The molecular formula is C12H5F10NO2S. The highest BCUT2D eigenvalue weighted by Crippen LogP contribution is 2.42. The largest absolute Gasteiger partial charge is 0.463 e. The first kappa shape index (κ1) is 22.1. The minimum atomic E-state index is -6.28. The van der Waals surface area contributed by atoms with Gasteiger partial charge < -0.3 is 5.32 Å². The molecule has 1 N–H and O–H groups in total. The van der Waals surface area contributed by atoms with Crippen molar-refractivity contribution >= 4 is 28.5 Å². The van der Waals surface area contributed by atoms with Crippen molar-refractivity contribution in [2.24, 2.45) is 0 Å². The highest BCUT2D eigenvalue weighted by molar-refractivity contribution is 8.14. The maximum absolute atomic E-state index is 12.9. The van der Waals surface area contributed by atoms with Crippen LogP contribution in [-0.4, -0.2) is 35.2 Å². The molecule has 0 aromatic heterocycles. The molecule has 1 amide bonds. The molecule has 0 radical (unpaired) electrons. The smallest absolute Gasteiger partial charge is 0.319 e. The van der Waals surface area contributed by atoms with Gasteiger partial charge in [0, 0.05) is 4.90 Å². The molecule has 0 atom stereocenters. The van der Waals surface area contributed by atoms with E-state index in [0.29, 0.717) is 12.1 Å². The van der Waals surface area contributed by atoms with Crippen molar-refractivity contribution in [2.45, 2.75) is 29.1 Å². The molecule has 0 unspecified atom stereocenters. The summed E-state index contributed by atoms with van der Waals surface area (Å²) in [4.78, 5) is 21.3. The van der Waals surface area contributed by atoms with Crippen LogP contribution in [0.3, 0.4) is 0 Å². The van der Waals surface area contributed by atoms with Crippen LogP contribution < -0.4 is 5.32 Å². The second-order valence-corrected chi connectivity index (χ2v) is 5.50. The second kappa shape index (κ2) is 6.96. The van der Waals surface area contributed by atoms with Crippen molar-refractivity contribution in [3.63, 3.8) is 0 Å². The Morgan fingerprint density at radius 2 is 1.23 bits per heavy atom. The fraction of sp³-hybridized carbons (Fsp3) is 0.333. The quantitative estimate of drug-likeness (QED) is 0.574. The summed E-state index contributed by atoms with van der Waals surface area (Å²) >= 11 is -0.786. The highest BCUT2D eigenvalue weighted by atomic mass is 32.2. The van der Waals surface area contributed by atoms with Gasteiger partial charge in [-0.3, -0.25) is 9.59 Å². The van der Waals surface area contributed by atoms with Crippen molar-refractivity contribution in [3.05, 3.63) is 24.3 Å². The van der Waals surface area contributed by atoms with Gasteiger partial charge in [-0.15, -0.1) is 0 Å². The van der Waals surface area contributed by atoms with Crippen molar-refractivity contribution in [1.29, 1.82) is 0 Å². The Kier molecular flexibility index (Phi) is 5.91. The summed E-state index contributed by atoms with van der Waals surface area (Å²) in [5.74, 6) is -14.6. The minimum absolute atomic E-state index is 0.631. The van der Waals surface area contributed by atoms with E-state index in [2.05, 4.69) is 0 Å². The number of hydrogen-bond acceptors (Lipinski definition) is 3. The van der Waals surface area contributed by atoms with Crippen molar-refractivity contribution in [2.75, 3.05) is 5.32 Å². The van der Waals surface area contributed by atoms with Crippen molar-refractivity contribution in [1.82, 2.24) is 0 Å². The van der Waals surface area contributed by atoms with Crippen LogP contribution in [0.5, 0.6) is 0 Å². The van der Waals surface area contributed by atoms with Gasteiger partial charge in [0.05, 0.1) is 5.69 Å². The van der Waals surface area contributed by atoms with Gasteiger partial charge in [0.15, 0.2) is 0 Å². The Bertz CT molecular complexity index is 639. The van der Waals surface area contributed by atoms with E-state index in [1.807, 2.05) is 0 Å². The number of thioether (sulfide) groups is 1. The van der Waals surface area contributed by atoms with Crippen LogP contribution in [0.25, 0.3) is 0 Å². The number of hydrogen-bond donors (Lipinski definition) is 1. The van der Waals surface area contributed by atoms with Gasteiger partial charge in [0.25, 0.3) is 5.12 Å². The van der Waals surface area contributed by atoms with Gasteiger partial charge in [-0.25, -0.2) is 0 Å². The summed E-state index contributed by atoms with van der Waals surface area (Å²) in [6, 6.07) is 3.19. The van der Waals surface area contributed by atoms with E-state index in [9.17, 15) is 53.5 Å². The van der Waals surface area contributed by atoms with Crippen LogP contribution in [0.15, 0.2) is 29.2 Å². The number of alkyl halides is 10. The molecular weight excluding hydrogens is 412 g/mol. The normalized spacial score (nSPS) is 13.5. The van der Waals surface area contributed by atoms with E-state index in [0.717, 1.165) is 17.4 Å². The van der Waals surface area contributed by atoms with Crippen LogP contribution in [0.4, 0.5) is 49.6 Å². The Balaban J connectivity index is 3.10. The van der Waals surface area contributed by atoms with Gasteiger partial charge in [-0.05, 0) is 23.9 Å². The Labute approximate surface area is 141 Å². The zero-order valence-electron chi connectivity index (χ0n) is 11.8. The molecule has 0 heterocycles. The number of anilines is 1. The first-order valence-electron chi connectivity index (χ1n) is 6.03. The summed E-state index contributed by atoms with van der Waals surface area (Å²) in [7, 11) is 0. The molecule has 0 aliphatic carbocycles.